The van der Waals surface area contributed by atoms with E-state index in [2.05, 4.69) is 31.2 Å². The van der Waals surface area contributed by atoms with Gasteiger partial charge in [-0.3, -0.25) is 38.5 Å². The number of Topliss-reactive ketones (excluding diaryl/α,β-unsaturated/α-hetero) is 1. The first-order valence-electron chi connectivity index (χ1n) is 19.1. The van der Waals surface area contributed by atoms with Gasteiger partial charge >= 0.3 is 0 Å². The maximum Gasteiger partial charge on any atom is 0.289 e. The fourth-order valence-corrected chi connectivity index (χ4v) is 8.10. The number of carbonyl (C=O) groups excluding carboxylic acids is 7. The van der Waals surface area contributed by atoms with Crippen LogP contribution in [-0.4, -0.2) is 92.7 Å². The lowest BCUT2D eigenvalue weighted by Crippen LogP contribution is -2.59. The highest BCUT2D eigenvalue weighted by Gasteiger charge is 2.51. The fourth-order valence-electron chi connectivity index (χ4n) is 8.10. The van der Waals surface area contributed by atoms with E-state index >= 15 is 0 Å². The average molecular weight is 720 g/mol. The quantitative estimate of drug-likeness (QED) is 0.138. The standard InChI is InChI=1S/C38H53N7O7/c1-3-9-26(46)17-18-29(43-35(49)31(23-11-6-5-7-12-23)44-34(48)30-21-39-19-20-40-30)38(52)45-22-24-13-8-14-27(24)32(45)36(50)42-28(10-4-2)33(47)37(51)41-25-15-16-25/h3,9,19-21,23-25,27-29,31-32H,4-8,10-18,22H2,1-2H3,(H,41,51)(H,42,50)(H,43,49)(H,44,48)/b9-3+/t24-,27-,28-,29-,31-,32-/m0/s1. The van der Waals surface area contributed by atoms with Gasteiger partial charge in [-0.1, -0.05) is 45.1 Å². The van der Waals surface area contributed by atoms with E-state index in [0.29, 0.717) is 25.8 Å². The Balaban J connectivity index is 1.37. The minimum Gasteiger partial charge on any atom is -0.347 e. The molecule has 0 aromatic carbocycles. The summed E-state index contributed by atoms with van der Waals surface area (Å²) in [5, 5.41) is 11.3. The third-order valence-corrected chi connectivity index (χ3v) is 10.9. The SMILES string of the molecule is C/C=C/C(=O)CC[C@H](NC(=O)[C@@H](NC(=O)c1cnccn1)C1CCCCC1)C(=O)N1C[C@@H]2CCC[C@@H]2[C@H]1C(=O)N[C@@H](CCC)C(=O)C(=O)NC1CC1. The third-order valence-electron chi connectivity index (χ3n) is 10.9. The minimum absolute atomic E-state index is 0.0122. The molecule has 0 spiro atoms. The summed E-state index contributed by atoms with van der Waals surface area (Å²) in [5.41, 5.74) is 0.0584. The number of nitrogens with zero attached hydrogens (tertiary/aromatic N) is 3. The number of fused-ring (bicyclic) bond motifs is 1. The number of likely N-dealkylation sites (tertiary alicyclic amines) is 1. The highest BCUT2D eigenvalue weighted by molar-refractivity contribution is 6.38. The number of rotatable bonds is 17. The Bertz CT molecular complexity index is 1510. The van der Waals surface area contributed by atoms with Crippen LogP contribution < -0.4 is 21.3 Å². The molecule has 3 aliphatic carbocycles. The zero-order valence-corrected chi connectivity index (χ0v) is 30.3. The molecule has 1 aliphatic heterocycles. The van der Waals surface area contributed by atoms with E-state index in [1.54, 1.807) is 13.0 Å². The van der Waals surface area contributed by atoms with Crippen molar-refractivity contribution in [2.75, 3.05) is 6.54 Å². The van der Waals surface area contributed by atoms with Gasteiger partial charge in [0.05, 0.1) is 12.2 Å². The lowest BCUT2D eigenvalue weighted by molar-refractivity contribution is -0.144. The van der Waals surface area contributed by atoms with E-state index < -0.39 is 59.5 Å². The highest BCUT2D eigenvalue weighted by atomic mass is 16.2. The molecule has 52 heavy (non-hydrogen) atoms. The molecule has 0 bridgehead atoms. The summed E-state index contributed by atoms with van der Waals surface area (Å²) in [7, 11) is 0. The molecule has 0 unspecified atom stereocenters. The van der Waals surface area contributed by atoms with Gasteiger partial charge in [-0.15, -0.1) is 0 Å². The van der Waals surface area contributed by atoms with E-state index in [9.17, 15) is 33.6 Å². The Hall–Kier alpha value is -4.49. The molecule has 14 heteroatoms. The minimum atomic E-state index is -1.16. The van der Waals surface area contributed by atoms with Crippen molar-refractivity contribution >= 4 is 41.1 Å². The van der Waals surface area contributed by atoms with E-state index in [-0.39, 0.29) is 54.5 Å². The molecule has 282 valence electrons. The van der Waals surface area contributed by atoms with Gasteiger partial charge in [0.15, 0.2) is 5.78 Å². The summed E-state index contributed by atoms with van der Waals surface area (Å²) in [4.78, 5) is 104. The molecule has 4 N–H and O–H groups in total. The van der Waals surface area contributed by atoms with Gasteiger partial charge in [-0.25, -0.2) is 4.98 Å². The zero-order chi connectivity index (χ0) is 37.2. The maximum atomic E-state index is 14.6. The summed E-state index contributed by atoms with van der Waals surface area (Å²) >= 11 is 0. The van der Waals surface area contributed by atoms with E-state index in [1.165, 1.54) is 29.6 Å². The lowest BCUT2D eigenvalue weighted by atomic mass is 9.83. The van der Waals surface area contributed by atoms with Crippen LogP contribution in [0.3, 0.4) is 0 Å². The number of allylic oxidation sites excluding steroid dienone is 2. The van der Waals surface area contributed by atoms with Crippen molar-refractivity contribution in [3.63, 3.8) is 0 Å². The topological polar surface area (TPSA) is 197 Å². The van der Waals surface area contributed by atoms with Crippen molar-refractivity contribution in [3.8, 4) is 0 Å². The van der Waals surface area contributed by atoms with Crippen LogP contribution >= 0.6 is 0 Å². The molecule has 0 radical (unpaired) electrons. The fraction of sp³-hybridized carbons (Fsp3) is 0.658. The predicted octanol–water partition coefficient (Wildman–Crippen LogP) is 2.33. The molecule has 1 aromatic heterocycles. The second-order valence-electron chi connectivity index (χ2n) is 14.8. The predicted molar refractivity (Wildman–Crippen MR) is 190 cm³/mol. The van der Waals surface area contributed by atoms with Crippen LogP contribution in [0.2, 0.25) is 0 Å². The van der Waals surface area contributed by atoms with Crippen molar-refractivity contribution in [1.82, 2.24) is 36.1 Å². The number of nitrogens with one attached hydrogen (secondary N) is 4. The first-order chi connectivity index (χ1) is 25.1. The van der Waals surface area contributed by atoms with Gasteiger partial charge in [0.2, 0.25) is 23.5 Å². The number of hydrogen-bond donors (Lipinski definition) is 4. The molecule has 1 saturated heterocycles. The van der Waals surface area contributed by atoms with Gasteiger partial charge in [0.1, 0.15) is 23.8 Å². The Kier molecular flexibility index (Phi) is 13.6. The Morgan fingerprint density at radius 2 is 1.65 bits per heavy atom. The lowest BCUT2D eigenvalue weighted by Gasteiger charge is -2.34. The van der Waals surface area contributed by atoms with Gasteiger partial charge in [-0.2, -0.15) is 0 Å². The second kappa shape index (κ2) is 18.3. The first-order valence-corrected chi connectivity index (χ1v) is 19.1. The monoisotopic (exact) mass is 719 g/mol. The number of amides is 5. The molecular weight excluding hydrogens is 666 g/mol. The Labute approximate surface area is 305 Å². The van der Waals surface area contributed by atoms with E-state index in [4.69, 9.17) is 0 Å². The van der Waals surface area contributed by atoms with Crippen molar-refractivity contribution in [1.29, 1.82) is 0 Å². The van der Waals surface area contributed by atoms with Crippen LogP contribution in [0, 0.1) is 17.8 Å². The third kappa shape index (κ3) is 9.88. The molecule has 5 rings (SSSR count). The smallest absolute Gasteiger partial charge is 0.289 e. The van der Waals surface area contributed by atoms with Gasteiger partial charge in [0, 0.05) is 31.4 Å². The summed E-state index contributed by atoms with van der Waals surface area (Å²) in [5.74, 6) is -4.00. The summed E-state index contributed by atoms with van der Waals surface area (Å²) in [6, 6.07) is -4.07. The maximum absolute atomic E-state index is 14.6. The first kappa shape index (κ1) is 38.7. The summed E-state index contributed by atoms with van der Waals surface area (Å²) in [6.45, 7) is 3.87. The van der Waals surface area contributed by atoms with Gasteiger partial charge in [0.25, 0.3) is 11.8 Å². The van der Waals surface area contributed by atoms with Crippen LogP contribution in [0.1, 0.15) is 114 Å². The number of carbonyl (C=O) groups is 7. The van der Waals surface area contributed by atoms with Gasteiger partial charge < -0.3 is 26.2 Å². The van der Waals surface area contributed by atoms with Crippen molar-refractivity contribution in [2.45, 2.75) is 134 Å². The second-order valence-corrected chi connectivity index (χ2v) is 14.8. The van der Waals surface area contributed by atoms with Crippen LogP contribution in [0.25, 0.3) is 0 Å². The Morgan fingerprint density at radius 3 is 2.33 bits per heavy atom. The molecule has 4 fully saturated rings. The van der Waals surface area contributed by atoms with Crippen LogP contribution in [-0.2, 0) is 28.8 Å². The molecule has 1 aromatic rings. The molecule has 5 amide bonds. The zero-order valence-electron chi connectivity index (χ0n) is 30.3. The summed E-state index contributed by atoms with van der Waals surface area (Å²) < 4.78 is 0. The van der Waals surface area contributed by atoms with Crippen LogP contribution in [0.5, 0.6) is 0 Å². The molecule has 4 aliphatic rings. The molecule has 3 saturated carbocycles. The van der Waals surface area contributed by atoms with Crippen molar-refractivity contribution in [2.24, 2.45) is 17.8 Å². The van der Waals surface area contributed by atoms with Crippen molar-refractivity contribution in [3.05, 3.63) is 36.4 Å². The highest BCUT2D eigenvalue weighted by Crippen LogP contribution is 2.42. The number of ketones is 2. The largest absolute Gasteiger partial charge is 0.347 e. The normalized spacial score (nSPS) is 23.3. The molecule has 2 heterocycles. The van der Waals surface area contributed by atoms with Crippen LogP contribution in [0.4, 0.5) is 0 Å². The molecular formula is C38H53N7O7. The average Bonchev–Trinajstić information content (AvgIpc) is 3.72. The molecule has 6 atom stereocenters. The van der Waals surface area contributed by atoms with Crippen molar-refractivity contribution < 1.29 is 33.6 Å². The van der Waals surface area contributed by atoms with E-state index in [1.807, 2.05) is 6.92 Å². The number of aromatic nitrogens is 2. The van der Waals surface area contributed by atoms with Crippen LogP contribution in [0.15, 0.2) is 30.7 Å². The molecule has 14 nitrogen and oxygen atoms in total. The Morgan fingerprint density at radius 1 is 0.885 bits per heavy atom. The summed E-state index contributed by atoms with van der Waals surface area (Å²) in [6.07, 6.45) is 16.3. The number of hydrogen-bond acceptors (Lipinski definition) is 9. The van der Waals surface area contributed by atoms with Gasteiger partial charge in [-0.05, 0) is 82.1 Å². The van der Waals surface area contributed by atoms with E-state index in [0.717, 1.165) is 51.4 Å².